The normalized spacial score (nSPS) is 12.0. The van der Waals surface area contributed by atoms with Crippen LogP contribution in [0.3, 0.4) is 0 Å². The van der Waals surface area contributed by atoms with Gasteiger partial charge in [0.1, 0.15) is 5.71 Å². The number of nitrogens with zero attached hydrogens (tertiary/aromatic N) is 3. The minimum atomic E-state index is 0.360. The summed E-state index contributed by atoms with van der Waals surface area (Å²) in [4.78, 5) is 8.14. The highest BCUT2D eigenvalue weighted by Gasteiger charge is 2.06. The fourth-order valence-electron chi connectivity index (χ4n) is 1.07. The Kier molecular flexibility index (Phi) is 3.61. The summed E-state index contributed by atoms with van der Waals surface area (Å²) in [7, 11) is 3.13. The lowest BCUT2D eigenvalue weighted by molar-refractivity contribution is 0.400. The molecule has 0 radical (unpaired) electrons. The topological polar surface area (TPSA) is 98.9 Å². The molecule has 0 aliphatic rings. The van der Waals surface area contributed by atoms with E-state index in [4.69, 9.17) is 16.3 Å². The van der Waals surface area contributed by atoms with Crippen LogP contribution >= 0.6 is 0 Å². The maximum atomic E-state index is 5.63. The van der Waals surface area contributed by atoms with Gasteiger partial charge in [0.05, 0.1) is 24.7 Å². The highest BCUT2D eigenvalue weighted by atomic mass is 16.5. The van der Waals surface area contributed by atoms with Crippen LogP contribution in [0.1, 0.15) is 5.69 Å². The first kappa shape index (κ1) is 11.0. The summed E-state index contributed by atoms with van der Waals surface area (Å²) in [5.41, 5.74) is 7.28. The summed E-state index contributed by atoms with van der Waals surface area (Å²) in [6, 6.07) is 3.42. The number of pyridine rings is 1. The monoisotopic (exact) mass is 207 g/mol. The Morgan fingerprint density at radius 2 is 2.27 bits per heavy atom. The molecule has 0 saturated heterocycles. The summed E-state index contributed by atoms with van der Waals surface area (Å²) in [6.45, 7) is 0. The van der Waals surface area contributed by atoms with Gasteiger partial charge >= 0.3 is 0 Å². The first-order valence-electron chi connectivity index (χ1n) is 4.23. The SMILES string of the molecule is CN=C(C=NN)c1ccc(N)c(OC)n1. The number of hydrazone groups is 1. The Hall–Kier alpha value is -2.11. The molecule has 1 rings (SSSR count). The molecule has 1 heterocycles. The van der Waals surface area contributed by atoms with Crippen molar-refractivity contribution in [3.8, 4) is 5.88 Å². The van der Waals surface area contributed by atoms with Crippen LogP contribution in [0, 0.1) is 0 Å². The average Bonchev–Trinajstić information content (AvgIpc) is 2.27. The molecule has 0 atom stereocenters. The van der Waals surface area contributed by atoms with Gasteiger partial charge in [0.15, 0.2) is 0 Å². The fourth-order valence-corrected chi connectivity index (χ4v) is 1.07. The van der Waals surface area contributed by atoms with Crippen LogP contribution in [0.5, 0.6) is 5.88 Å². The van der Waals surface area contributed by atoms with Gasteiger partial charge in [0.2, 0.25) is 5.88 Å². The third-order valence-corrected chi connectivity index (χ3v) is 1.78. The lowest BCUT2D eigenvalue weighted by Crippen LogP contribution is -2.08. The van der Waals surface area contributed by atoms with E-state index >= 15 is 0 Å². The van der Waals surface area contributed by atoms with Crippen LogP contribution in [0.4, 0.5) is 5.69 Å². The third-order valence-electron chi connectivity index (χ3n) is 1.78. The molecule has 0 saturated carbocycles. The standard InChI is InChI=1S/C9H13N5O/c1-12-8(5-13-11)7-4-3-6(10)9(14-7)15-2/h3-5H,10-11H2,1-2H3. The van der Waals surface area contributed by atoms with Crippen molar-refractivity contribution in [2.75, 3.05) is 19.9 Å². The van der Waals surface area contributed by atoms with Gasteiger partial charge in [-0.05, 0) is 12.1 Å². The van der Waals surface area contributed by atoms with E-state index in [9.17, 15) is 0 Å². The minimum Gasteiger partial charge on any atom is -0.480 e. The highest BCUT2D eigenvalue weighted by Crippen LogP contribution is 2.17. The van der Waals surface area contributed by atoms with Gasteiger partial charge in [-0.15, -0.1) is 0 Å². The van der Waals surface area contributed by atoms with Crippen molar-refractivity contribution in [2.45, 2.75) is 0 Å². The van der Waals surface area contributed by atoms with Crippen LogP contribution in [-0.4, -0.2) is 31.1 Å². The van der Waals surface area contributed by atoms with Crippen molar-refractivity contribution < 1.29 is 4.74 Å². The molecule has 0 aliphatic heterocycles. The van der Waals surface area contributed by atoms with Gasteiger partial charge in [-0.2, -0.15) is 5.10 Å². The number of nitrogen functional groups attached to an aromatic ring is 1. The summed E-state index contributed by atoms with van der Waals surface area (Å²) in [5.74, 6) is 5.41. The molecular weight excluding hydrogens is 194 g/mol. The lowest BCUT2D eigenvalue weighted by atomic mass is 10.2. The van der Waals surface area contributed by atoms with Crippen molar-refractivity contribution in [3.05, 3.63) is 17.8 Å². The van der Waals surface area contributed by atoms with Crippen LogP contribution in [0.2, 0.25) is 0 Å². The summed E-state index contributed by atoms with van der Waals surface area (Å²) >= 11 is 0. The Morgan fingerprint density at radius 1 is 1.53 bits per heavy atom. The summed E-state index contributed by atoms with van der Waals surface area (Å²) < 4.78 is 4.99. The molecule has 0 fully saturated rings. The molecule has 1 aromatic rings. The highest BCUT2D eigenvalue weighted by molar-refractivity contribution is 6.37. The maximum absolute atomic E-state index is 5.63. The largest absolute Gasteiger partial charge is 0.480 e. The number of aliphatic imine (C=N–C) groups is 1. The van der Waals surface area contributed by atoms with Crippen LogP contribution in [0.25, 0.3) is 0 Å². The number of methoxy groups -OCH3 is 1. The number of hydrogen-bond donors (Lipinski definition) is 2. The first-order valence-corrected chi connectivity index (χ1v) is 4.23. The molecule has 6 nitrogen and oxygen atoms in total. The minimum absolute atomic E-state index is 0.360. The second-order valence-electron chi connectivity index (χ2n) is 2.68. The first-order chi connectivity index (χ1) is 7.22. The van der Waals surface area contributed by atoms with Crippen LogP contribution < -0.4 is 16.3 Å². The van der Waals surface area contributed by atoms with E-state index in [0.29, 0.717) is 23.0 Å². The molecule has 0 aliphatic carbocycles. The van der Waals surface area contributed by atoms with E-state index in [0.717, 1.165) is 0 Å². The van der Waals surface area contributed by atoms with Crippen LogP contribution in [0.15, 0.2) is 22.2 Å². The Morgan fingerprint density at radius 3 is 2.80 bits per heavy atom. The van der Waals surface area contributed by atoms with Crippen molar-refractivity contribution in [2.24, 2.45) is 15.9 Å². The molecule has 15 heavy (non-hydrogen) atoms. The van der Waals surface area contributed by atoms with E-state index < -0.39 is 0 Å². The summed E-state index contributed by atoms with van der Waals surface area (Å²) in [6.07, 6.45) is 1.41. The van der Waals surface area contributed by atoms with Gasteiger partial charge in [-0.1, -0.05) is 0 Å². The number of rotatable bonds is 3. The Bertz CT molecular complexity index is 399. The Balaban J connectivity index is 3.15. The molecular formula is C9H13N5O. The van der Waals surface area contributed by atoms with Crippen molar-refractivity contribution in [1.82, 2.24) is 4.98 Å². The maximum Gasteiger partial charge on any atom is 0.237 e. The van der Waals surface area contributed by atoms with Gasteiger partial charge < -0.3 is 16.3 Å². The van der Waals surface area contributed by atoms with Gasteiger partial charge in [-0.3, -0.25) is 4.99 Å². The second kappa shape index (κ2) is 4.94. The predicted octanol–water partition coefficient (Wildman–Crippen LogP) is 0.0358. The molecule has 0 spiro atoms. The predicted molar refractivity (Wildman–Crippen MR) is 60.3 cm³/mol. The number of ether oxygens (including phenoxy) is 1. The molecule has 0 aromatic carbocycles. The smallest absolute Gasteiger partial charge is 0.237 e. The zero-order chi connectivity index (χ0) is 11.3. The number of hydrogen-bond acceptors (Lipinski definition) is 6. The number of aromatic nitrogens is 1. The molecule has 0 bridgehead atoms. The molecule has 4 N–H and O–H groups in total. The molecule has 6 heteroatoms. The van der Waals surface area contributed by atoms with E-state index in [-0.39, 0.29) is 0 Å². The van der Waals surface area contributed by atoms with Crippen molar-refractivity contribution in [1.29, 1.82) is 0 Å². The summed E-state index contributed by atoms with van der Waals surface area (Å²) in [5, 5.41) is 3.39. The number of nitrogens with two attached hydrogens (primary N) is 2. The van der Waals surface area contributed by atoms with Gasteiger partial charge in [0, 0.05) is 7.05 Å². The Labute approximate surface area is 87.7 Å². The zero-order valence-electron chi connectivity index (χ0n) is 8.64. The quantitative estimate of drug-likeness (QED) is 0.415. The third kappa shape index (κ3) is 2.43. The molecule has 0 unspecified atom stereocenters. The van der Waals surface area contributed by atoms with Crippen molar-refractivity contribution >= 4 is 17.6 Å². The average molecular weight is 207 g/mol. The lowest BCUT2D eigenvalue weighted by Gasteiger charge is -2.05. The fraction of sp³-hybridized carbons (Fsp3) is 0.222. The van der Waals surface area contributed by atoms with E-state index in [2.05, 4.69) is 15.1 Å². The molecule has 1 aromatic heterocycles. The van der Waals surface area contributed by atoms with E-state index in [1.807, 2.05) is 0 Å². The van der Waals surface area contributed by atoms with Gasteiger partial charge in [0.25, 0.3) is 0 Å². The molecule has 80 valence electrons. The van der Waals surface area contributed by atoms with Gasteiger partial charge in [-0.25, -0.2) is 4.98 Å². The second-order valence-corrected chi connectivity index (χ2v) is 2.68. The number of anilines is 1. The van der Waals surface area contributed by atoms with Crippen molar-refractivity contribution in [3.63, 3.8) is 0 Å². The van der Waals surface area contributed by atoms with E-state index in [1.165, 1.54) is 13.3 Å². The molecule has 0 amide bonds. The van der Waals surface area contributed by atoms with Crippen LogP contribution in [-0.2, 0) is 0 Å². The van der Waals surface area contributed by atoms with E-state index in [1.54, 1.807) is 19.2 Å². The zero-order valence-corrected chi connectivity index (χ0v) is 8.64.